The molecule has 0 aliphatic heterocycles. The summed E-state index contributed by atoms with van der Waals surface area (Å²) in [5.41, 5.74) is 3.82. The van der Waals surface area contributed by atoms with Crippen molar-refractivity contribution in [3.8, 4) is 11.1 Å². The van der Waals surface area contributed by atoms with Crippen LogP contribution >= 0.6 is 11.8 Å². The van der Waals surface area contributed by atoms with Gasteiger partial charge >= 0.3 is 24.8 Å². The quantitative estimate of drug-likeness (QED) is 0.315. The molecule has 2 atom stereocenters. The maximum atomic E-state index is 13.3. The number of hydrogen-bond acceptors (Lipinski definition) is 4. The van der Waals surface area contributed by atoms with Crippen LogP contribution in [0.3, 0.4) is 0 Å². The Hall–Kier alpha value is -1.71. The van der Waals surface area contributed by atoms with Crippen molar-refractivity contribution >= 4 is 23.6 Å². The third-order valence-corrected chi connectivity index (χ3v) is 10.3. The van der Waals surface area contributed by atoms with Gasteiger partial charge in [-0.05, 0) is 110 Å². The predicted octanol–water partition coefficient (Wildman–Crippen LogP) is 3.71. The van der Waals surface area contributed by atoms with E-state index in [2.05, 4.69) is 5.32 Å². The summed E-state index contributed by atoms with van der Waals surface area (Å²) in [6.45, 7) is 3.26. The van der Waals surface area contributed by atoms with Crippen molar-refractivity contribution in [3.05, 3.63) is 59.7 Å². The maximum Gasteiger partial charge on any atom is 1.00 e. The van der Waals surface area contributed by atoms with E-state index in [4.69, 9.17) is 4.74 Å². The van der Waals surface area contributed by atoms with E-state index in [-0.39, 0.29) is 31.4 Å². The second-order valence-electron chi connectivity index (χ2n) is 12.1. The largest absolute Gasteiger partial charge is 1.00 e. The number of hydrogen-bond donors (Lipinski definition) is 2. The van der Waals surface area contributed by atoms with Crippen molar-refractivity contribution in [2.24, 2.45) is 23.2 Å². The van der Waals surface area contributed by atoms with Crippen LogP contribution in [0.2, 0.25) is 0 Å². The molecule has 2 aromatic carbocycles. The zero-order chi connectivity index (χ0) is 26.7. The summed E-state index contributed by atoms with van der Waals surface area (Å²) >= 11 is 1.61. The van der Waals surface area contributed by atoms with Crippen LogP contribution in [-0.4, -0.2) is 47.7 Å². The summed E-state index contributed by atoms with van der Waals surface area (Å²) < 4.78 is 6.16. The number of rotatable bonds is 12. The van der Waals surface area contributed by atoms with Crippen LogP contribution in [0.25, 0.3) is 11.1 Å². The topological polar surface area (TPSA) is 75.6 Å². The average molecular weight is 544 g/mol. The van der Waals surface area contributed by atoms with Crippen LogP contribution in [0.15, 0.2) is 48.5 Å². The van der Waals surface area contributed by atoms with E-state index in [0.717, 1.165) is 47.5 Å². The number of carboxylic acid groups (broad SMARTS) is 1. The molecule has 4 aliphatic carbocycles. The van der Waals surface area contributed by atoms with Crippen molar-refractivity contribution in [2.45, 2.75) is 69.6 Å². The molecular formula is C32H42LiNO4S. The fraction of sp³-hybridized carbons (Fsp3) is 0.562. The SMILES string of the molecule is CSC(COCCC12CC3CC(CC(C3)C1)C2)CC(NC(=O)c1ccccc1-c1ccccc1C)C(=O)O.[H-].[Li+]. The molecule has 2 aromatic rings. The Morgan fingerprint density at radius 2 is 1.62 bits per heavy atom. The number of thioether (sulfide) groups is 1. The zero-order valence-electron chi connectivity index (χ0n) is 24.7. The number of nitrogens with one attached hydrogen (secondary N) is 1. The smallest absolute Gasteiger partial charge is 1.00 e. The zero-order valence-corrected chi connectivity index (χ0v) is 24.5. The van der Waals surface area contributed by atoms with Crippen LogP contribution in [0.5, 0.6) is 0 Å². The molecule has 206 valence electrons. The van der Waals surface area contributed by atoms with Crippen molar-refractivity contribution in [1.29, 1.82) is 0 Å². The van der Waals surface area contributed by atoms with Gasteiger partial charge in [-0.3, -0.25) is 4.79 Å². The van der Waals surface area contributed by atoms with Gasteiger partial charge in [-0.2, -0.15) is 11.8 Å². The predicted molar refractivity (Wildman–Crippen MR) is 155 cm³/mol. The number of carbonyl (C=O) groups excluding carboxylic acids is 1. The molecule has 6 rings (SSSR count). The Labute approximate surface area is 250 Å². The van der Waals surface area contributed by atoms with Crippen molar-refractivity contribution in [2.75, 3.05) is 19.5 Å². The molecule has 4 aliphatic rings. The van der Waals surface area contributed by atoms with E-state index in [1.165, 1.54) is 38.5 Å². The number of aryl methyl sites for hydroxylation is 1. The van der Waals surface area contributed by atoms with Crippen LogP contribution < -0.4 is 24.2 Å². The maximum absolute atomic E-state index is 13.3. The Bertz CT molecular complexity index is 1130. The first-order chi connectivity index (χ1) is 18.4. The standard InChI is InChI=1S/C32H41NO4S.Li.H/c1-21-7-3-4-8-26(21)27-9-5-6-10-28(27)30(34)33-29(31(35)36)16-25(38-2)20-37-12-11-32-17-22-13-23(18-32)15-24(14-22)19-32;;/h3-10,22-25,29H,11-20H2,1-2H3,(H,33,34)(H,35,36);;/q;+1;-1. The number of ether oxygens (including phenoxy) is 1. The van der Waals surface area contributed by atoms with Gasteiger partial charge in [-0.1, -0.05) is 42.5 Å². The molecule has 0 saturated heterocycles. The first-order valence-corrected chi connectivity index (χ1v) is 15.4. The number of carboxylic acids is 1. The number of benzene rings is 2. The normalized spacial score (nSPS) is 26.5. The van der Waals surface area contributed by atoms with E-state index in [1.807, 2.05) is 55.6 Å². The van der Waals surface area contributed by atoms with Gasteiger partial charge in [0.2, 0.25) is 0 Å². The molecule has 2 unspecified atom stereocenters. The van der Waals surface area contributed by atoms with Gasteiger partial charge in [0, 0.05) is 17.4 Å². The minimum absolute atomic E-state index is 0. The second kappa shape index (κ2) is 13.3. The Morgan fingerprint density at radius 3 is 2.21 bits per heavy atom. The van der Waals surface area contributed by atoms with Crippen LogP contribution in [0, 0.1) is 30.1 Å². The van der Waals surface area contributed by atoms with Crippen LogP contribution in [0.4, 0.5) is 0 Å². The summed E-state index contributed by atoms with van der Waals surface area (Å²) in [4.78, 5) is 25.4. The van der Waals surface area contributed by atoms with Gasteiger partial charge in [0.1, 0.15) is 6.04 Å². The molecule has 5 nitrogen and oxygen atoms in total. The first-order valence-electron chi connectivity index (χ1n) is 14.1. The molecule has 4 fully saturated rings. The summed E-state index contributed by atoms with van der Waals surface area (Å²) in [7, 11) is 0. The molecule has 39 heavy (non-hydrogen) atoms. The first kappa shape index (κ1) is 30.3. The Morgan fingerprint density at radius 1 is 1.03 bits per heavy atom. The van der Waals surface area contributed by atoms with Crippen LogP contribution in [-0.2, 0) is 9.53 Å². The number of aliphatic carboxylic acids is 1. The van der Waals surface area contributed by atoms with E-state index in [0.29, 0.717) is 24.0 Å². The number of carbonyl (C=O) groups is 2. The average Bonchev–Trinajstić information content (AvgIpc) is 2.89. The van der Waals surface area contributed by atoms with E-state index >= 15 is 0 Å². The minimum Gasteiger partial charge on any atom is -1.00 e. The molecule has 7 heteroatoms. The van der Waals surface area contributed by atoms with Crippen molar-refractivity contribution < 1.29 is 39.7 Å². The molecule has 4 saturated carbocycles. The summed E-state index contributed by atoms with van der Waals surface area (Å²) in [6.07, 6.45) is 11.9. The number of amides is 1. The summed E-state index contributed by atoms with van der Waals surface area (Å²) in [5, 5.41) is 12.7. The van der Waals surface area contributed by atoms with Gasteiger partial charge in [-0.25, -0.2) is 4.79 Å². The van der Waals surface area contributed by atoms with E-state index < -0.39 is 12.0 Å². The van der Waals surface area contributed by atoms with Gasteiger partial charge < -0.3 is 16.6 Å². The third-order valence-electron chi connectivity index (χ3n) is 9.29. The van der Waals surface area contributed by atoms with Gasteiger partial charge in [0.15, 0.2) is 0 Å². The Kier molecular flexibility index (Phi) is 10.3. The fourth-order valence-electron chi connectivity index (χ4n) is 7.84. The third kappa shape index (κ3) is 7.14. The summed E-state index contributed by atoms with van der Waals surface area (Å²) in [5.74, 6) is 1.45. The van der Waals surface area contributed by atoms with Crippen molar-refractivity contribution in [1.82, 2.24) is 5.32 Å². The minimum atomic E-state index is -1.01. The van der Waals surface area contributed by atoms with Gasteiger partial charge in [-0.15, -0.1) is 0 Å². The fourth-order valence-corrected chi connectivity index (χ4v) is 8.46. The molecule has 1 amide bonds. The Balaban J connectivity index is 0.00000220. The molecule has 0 heterocycles. The van der Waals surface area contributed by atoms with Crippen LogP contribution in [0.1, 0.15) is 68.7 Å². The molecule has 2 N–H and O–H groups in total. The van der Waals surface area contributed by atoms with E-state index in [1.54, 1.807) is 17.8 Å². The molecule has 4 bridgehead atoms. The summed E-state index contributed by atoms with van der Waals surface area (Å²) in [6, 6.07) is 14.3. The van der Waals surface area contributed by atoms with Crippen molar-refractivity contribution in [3.63, 3.8) is 0 Å². The molecule has 0 spiro atoms. The van der Waals surface area contributed by atoms with E-state index in [9.17, 15) is 14.7 Å². The molecule has 0 radical (unpaired) electrons. The monoisotopic (exact) mass is 543 g/mol. The molecular weight excluding hydrogens is 501 g/mol. The van der Waals surface area contributed by atoms with Gasteiger partial charge in [0.25, 0.3) is 5.91 Å². The molecule has 0 aromatic heterocycles. The van der Waals surface area contributed by atoms with Gasteiger partial charge in [0.05, 0.1) is 6.61 Å². The second-order valence-corrected chi connectivity index (χ2v) is 13.2.